The van der Waals surface area contributed by atoms with Crippen LogP contribution in [0.2, 0.25) is 0 Å². The number of rotatable bonds is 32. The summed E-state index contributed by atoms with van der Waals surface area (Å²) in [5.74, 6) is 2.53. The lowest BCUT2D eigenvalue weighted by molar-refractivity contribution is -0.121. The summed E-state index contributed by atoms with van der Waals surface area (Å²) in [5.41, 5.74) is 14.9. The third-order valence-electron chi connectivity index (χ3n) is 8.15. The number of nitrogens with zero attached hydrogens (tertiary/aromatic N) is 5. The van der Waals surface area contributed by atoms with E-state index in [2.05, 4.69) is 53.6 Å². The Balaban J connectivity index is 2.03. The highest BCUT2D eigenvalue weighted by molar-refractivity contribution is 5.76. The summed E-state index contributed by atoms with van der Waals surface area (Å²) in [7, 11) is 4.87. The molecule has 1 aliphatic rings. The summed E-state index contributed by atoms with van der Waals surface area (Å²) in [6.45, 7) is 3.17. The molecule has 0 spiro atoms. The molecule has 2 rings (SSSR count). The van der Waals surface area contributed by atoms with Crippen molar-refractivity contribution in [3.05, 3.63) is 35.7 Å². The van der Waals surface area contributed by atoms with Crippen molar-refractivity contribution in [2.75, 3.05) is 80.5 Å². The van der Waals surface area contributed by atoms with Crippen molar-refractivity contribution in [2.45, 2.75) is 70.9 Å². The minimum Gasteiger partial charge on any atom is -0.389 e. The van der Waals surface area contributed by atoms with Crippen molar-refractivity contribution < 1.29 is 33.3 Å². The van der Waals surface area contributed by atoms with Gasteiger partial charge in [0.1, 0.15) is 18.0 Å². The summed E-state index contributed by atoms with van der Waals surface area (Å²) < 4.78 is 26.1. The number of hydrogen-bond donors (Lipinski definition) is 7. The van der Waals surface area contributed by atoms with Gasteiger partial charge in [0.15, 0.2) is 0 Å². The molecule has 3 amide bonds. The molecular weight excluding hydrogens is 700 g/mol. The first kappa shape index (κ1) is 45.5. The number of carbonyl (C=O) groups is 3. The fourth-order valence-corrected chi connectivity index (χ4v) is 5.11. The fourth-order valence-electron chi connectivity index (χ4n) is 5.11. The van der Waals surface area contributed by atoms with Gasteiger partial charge in [-0.25, -0.2) is 5.53 Å². The Bertz CT molecular complexity index is 1370. The van der Waals surface area contributed by atoms with Gasteiger partial charge >= 0.3 is 0 Å². The molecule has 0 fully saturated rings. The van der Waals surface area contributed by atoms with Gasteiger partial charge in [-0.15, -0.1) is 17.1 Å². The summed E-state index contributed by atoms with van der Waals surface area (Å²) in [5, 5.41) is 24.9. The molecule has 1 aromatic rings. The van der Waals surface area contributed by atoms with E-state index < -0.39 is 5.41 Å². The molecule has 1 aromatic heterocycles. The van der Waals surface area contributed by atoms with Gasteiger partial charge in [-0.2, -0.15) is 5.11 Å². The number of aromatic nitrogens is 3. The van der Waals surface area contributed by atoms with Crippen molar-refractivity contribution in [3.63, 3.8) is 0 Å². The molecule has 1 unspecified atom stereocenters. The first-order valence-electron chi connectivity index (χ1n) is 18.3. The zero-order chi connectivity index (χ0) is 39.3. The fraction of sp³-hybridized carbons (Fsp3) is 0.686. The number of terminal acetylenes is 1. The van der Waals surface area contributed by atoms with Gasteiger partial charge in [-0.05, 0) is 38.5 Å². The van der Waals surface area contributed by atoms with E-state index in [-0.39, 0.29) is 70.6 Å². The maximum atomic E-state index is 11.5. The van der Waals surface area contributed by atoms with Crippen LogP contribution in [0.3, 0.4) is 0 Å². The van der Waals surface area contributed by atoms with Gasteiger partial charge in [0.05, 0.1) is 63.6 Å². The third kappa shape index (κ3) is 20.0. The molecule has 0 radical (unpaired) electrons. The molecule has 1 aliphatic heterocycles. The maximum Gasteiger partial charge on any atom is 0.219 e. The van der Waals surface area contributed by atoms with E-state index in [4.69, 9.17) is 30.9 Å². The van der Waals surface area contributed by atoms with Gasteiger partial charge in [0.2, 0.25) is 17.7 Å². The van der Waals surface area contributed by atoms with E-state index in [1.54, 1.807) is 32.0 Å². The van der Waals surface area contributed by atoms with Crippen LogP contribution in [0.1, 0.15) is 63.5 Å². The highest BCUT2D eigenvalue weighted by atomic mass is 16.5. The third-order valence-corrected chi connectivity index (χ3v) is 8.15. The Morgan fingerprint density at radius 3 is 2.15 bits per heavy atom. The Morgan fingerprint density at radius 1 is 0.889 bits per heavy atom. The van der Waals surface area contributed by atoms with Crippen LogP contribution in [-0.4, -0.2) is 118 Å². The van der Waals surface area contributed by atoms with Crippen molar-refractivity contribution in [1.82, 2.24) is 52.2 Å². The molecule has 19 nitrogen and oxygen atoms in total. The number of hydrogen-bond acceptors (Lipinski definition) is 15. The molecule has 2 heterocycles. The lowest BCUT2D eigenvalue weighted by atomic mass is 9.92. The zero-order valence-corrected chi connectivity index (χ0v) is 32.0. The van der Waals surface area contributed by atoms with Gasteiger partial charge in [-0.3, -0.25) is 24.1 Å². The Hall–Kier alpha value is -4.61. The number of unbranched alkanes of at least 4 members (excludes halogenated alkanes) is 3. The highest BCUT2D eigenvalue weighted by Gasteiger charge is 2.33. The van der Waals surface area contributed by atoms with Crippen LogP contribution in [0.5, 0.6) is 0 Å². The van der Waals surface area contributed by atoms with E-state index in [0.29, 0.717) is 50.3 Å². The molecule has 54 heavy (non-hydrogen) atoms. The second kappa shape index (κ2) is 27.9. The van der Waals surface area contributed by atoms with Crippen molar-refractivity contribution in [3.8, 4) is 12.3 Å². The van der Waals surface area contributed by atoms with E-state index in [0.717, 1.165) is 44.2 Å². The SMILES string of the molecule is C#CCOCC(COCC1=CN(CCCCC(=O)NC)NN1)(COC/C(=C/NCCCCC(=O)NC)N=N)COCc1cn(CCCCC(=O)NC)nn1. The first-order chi connectivity index (χ1) is 26.3. The van der Waals surface area contributed by atoms with Crippen molar-refractivity contribution in [1.29, 1.82) is 5.53 Å². The minimum atomic E-state index is -0.806. The van der Waals surface area contributed by atoms with Crippen molar-refractivity contribution >= 4 is 17.7 Å². The average molecular weight is 761 g/mol. The quantitative estimate of drug-likeness (QED) is 0.0307. The number of aryl methyl sites for hydroxylation is 1. The molecular formula is C35H60N12O7. The average Bonchev–Trinajstić information content (AvgIpc) is 3.84. The highest BCUT2D eigenvalue weighted by Crippen LogP contribution is 2.22. The summed E-state index contributed by atoms with van der Waals surface area (Å²) in [6.07, 6.45) is 16.9. The molecule has 0 saturated heterocycles. The second-order valence-electron chi connectivity index (χ2n) is 12.8. The number of hydrazine groups is 2. The van der Waals surface area contributed by atoms with Crippen LogP contribution >= 0.6 is 0 Å². The summed E-state index contributed by atoms with van der Waals surface area (Å²) in [6, 6.07) is 0. The normalized spacial score (nSPS) is 13.7. The molecule has 302 valence electrons. The van der Waals surface area contributed by atoms with Crippen LogP contribution in [-0.2, 0) is 46.5 Å². The van der Waals surface area contributed by atoms with E-state index >= 15 is 0 Å². The largest absolute Gasteiger partial charge is 0.389 e. The number of ether oxygens (including phenoxy) is 4. The van der Waals surface area contributed by atoms with Gasteiger partial charge < -0.3 is 45.6 Å². The van der Waals surface area contributed by atoms with Crippen LogP contribution in [0.15, 0.2) is 35.1 Å². The van der Waals surface area contributed by atoms with E-state index in [9.17, 15) is 14.4 Å². The van der Waals surface area contributed by atoms with Gasteiger partial charge in [0.25, 0.3) is 0 Å². The Kier molecular flexibility index (Phi) is 23.5. The maximum absolute atomic E-state index is 11.5. The molecule has 0 aliphatic carbocycles. The van der Waals surface area contributed by atoms with Gasteiger partial charge in [0, 0.05) is 72.4 Å². The Morgan fingerprint density at radius 2 is 1.50 bits per heavy atom. The minimum absolute atomic E-state index is 0.00145. The number of nitrogens with one attached hydrogen (secondary N) is 7. The monoisotopic (exact) mass is 760 g/mol. The smallest absolute Gasteiger partial charge is 0.219 e. The summed E-state index contributed by atoms with van der Waals surface area (Å²) >= 11 is 0. The van der Waals surface area contributed by atoms with Crippen LogP contribution in [0.4, 0.5) is 0 Å². The standard InChI is InChI=1S/C35H60N12O7/c1-5-18-51-25-35(26-52-22-29(41-36)19-40-15-9-6-12-32(48)37-2,27-53-23-30-20-46(44-42-30)16-10-7-13-33(49)38-3)28-54-24-31-21-47(45-43-31)17-11-8-14-34(50)39-4/h1,19-21,36,40,42,44H,6-18,22-28H2,2-4H3,(H,37,48)(H,38,49)(H,39,50)/b29-19-,41-36?. The first-order valence-corrected chi connectivity index (χ1v) is 18.3. The molecule has 0 aromatic carbocycles. The Labute approximate surface area is 318 Å². The molecule has 0 saturated carbocycles. The van der Waals surface area contributed by atoms with E-state index in [1.807, 2.05) is 17.4 Å². The molecule has 7 N–H and O–H groups in total. The predicted octanol–water partition coefficient (Wildman–Crippen LogP) is 0.841. The lowest BCUT2D eigenvalue weighted by Gasteiger charge is -2.32. The molecule has 1 atom stereocenters. The second-order valence-corrected chi connectivity index (χ2v) is 12.8. The van der Waals surface area contributed by atoms with Crippen LogP contribution in [0.25, 0.3) is 0 Å². The van der Waals surface area contributed by atoms with E-state index in [1.165, 1.54) is 0 Å². The molecule has 0 bridgehead atoms. The van der Waals surface area contributed by atoms with Crippen molar-refractivity contribution in [2.24, 2.45) is 10.5 Å². The zero-order valence-electron chi connectivity index (χ0n) is 32.0. The number of carbonyl (C=O) groups excluding carboxylic acids is 3. The van der Waals surface area contributed by atoms with Gasteiger partial charge in [-0.1, -0.05) is 11.1 Å². The van der Waals surface area contributed by atoms with Crippen LogP contribution < -0.4 is 32.2 Å². The van der Waals surface area contributed by atoms with Crippen LogP contribution in [0, 0.1) is 23.3 Å². The summed E-state index contributed by atoms with van der Waals surface area (Å²) in [4.78, 5) is 34.4. The topological polar surface area (TPSA) is 230 Å². The lowest BCUT2D eigenvalue weighted by Crippen LogP contribution is -2.42. The molecule has 19 heteroatoms. The predicted molar refractivity (Wildman–Crippen MR) is 199 cm³/mol. The number of amides is 3.